The first-order valence-corrected chi connectivity index (χ1v) is 7.64. The van der Waals surface area contributed by atoms with E-state index in [1.54, 1.807) is 6.07 Å². The zero-order valence-electron chi connectivity index (χ0n) is 12.6. The summed E-state index contributed by atoms with van der Waals surface area (Å²) in [5.74, 6) is 0.0880. The molecular weight excluding hydrogens is 266 g/mol. The van der Waals surface area contributed by atoms with Crippen LogP contribution in [0, 0.1) is 0 Å². The van der Waals surface area contributed by atoms with E-state index in [4.69, 9.17) is 5.73 Å². The molecule has 1 amide bonds. The highest BCUT2D eigenvalue weighted by Gasteiger charge is 2.23. The number of rotatable bonds is 6. The number of phenols is 1. The van der Waals surface area contributed by atoms with Crippen LogP contribution in [0.2, 0.25) is 0 Å². The Labute approximate surface area is 126 Å². The number of likely N-dealkylation sites (tertiary alicyclic amines) is 1. The molecule has 0 unspecified atom stereocenters. The fourth-order valence-electron chi connectivity index (χ4n) is 2.97. The maximum Gasteiger partial charge on any atom is 0.231 e. The van der Waals surface area contributed by atoms with Crippen LogP contribution < -0.4 is 11.1 Å². The lowest BCUT2D eigenvalue weighted by molar-refractivity contribution is -0.119. The molecule has 21 heavy (non-hydrogen) atoms. The topological polar surface area (TPSA) is 78.6 Å². The number of benzene rings is 1. The number of piperidine rings is 1. The summed E-state index contributed by atoms with van der Waals surface area (Å²) in [4.78, 5) is 13.0. The van der Waals surface area contributed by atoms with E-state index in [1.807, 2.05) is 18.2 Å². The molecule has 0 radical (unpaired) electrons. The summed E-state index contributed by atoms with van der Waals surface area (Å²) >= 11 is 0. The molecule has 1 heterocycles. The van der Waals surface area contributed by atoms with E-state index >= 15 is 0 Å². The fraction of sp³-hybridized carbons (Fsp3) is 0.562. The van der Waals surface area contributed by atoms with Gasteiger partial charge in [0.1, 0.15) is 5.75 Å². The molecule has 0 spiro atoms. The molecule has 2 rings (SSSR count). The third-order valence-electron chi connectivity index (χ3n) is 4.12. The summed E-state index contributed by atoms with van der Waals surface area (Å²) in [5.41, 5.74) is 6.19. The van der Waals surface area contributed by atoms with Crippen molar-refractivity contribution in [2.24, 2.45) is 5.73 Å². The standard InChI is InChI=1S/C16H25N3O2/c1-2-14(13-5-3-4-6-15(13)20)18-12-7-9-19(10-8-12)11-16(17)21/h3-6,12,14,18,20H,2,7-11H2,1H3,(H2,17,21)/t14-/m0/s1. The fourth-order valence-corrected chi connectivity index (χ4v) is 2.97. The summed E-state index contributed by atoms with van der Waals surface area (Å²) < 4.78 is 0. The van der Waals surface area contributed by atoms with Crippen molar-refractivity contribution < 1.29 is 9.90 Å². The summed E-state index contributed by atoms with van der Waals surface area (Å²) in [6.07, 6.45) is 2.92. The largest absolute Gasteiger partial charge is 0.508 e. The molecule has 0 saturated carbocycles. The van der Waals surface area contributed by atoms with Gasteiger partial charge in [-0.2, -0.15) is 0 Å². The van der Waals surface area contributed by atoms with Gasteiger partial charge in [-0.15, -0.1) is 0 Å². The molecule has 0 aromatic heterocycles. The van der Waals surface area contributed by atoms with Crippen molar-refractivity contribution in [1.29, 1.82) is 0 Å². The zero-order valence-corrected chi connectivity index (χ0v) is 12.6. The first kappa shape index (κ1) is 15.8. The number of aromatic hydroxyl groups is 1. The van der Waals surface area contributed by atoms with Crippen molar-refractivity contribution >= 4 is 5.91 Å². The van der Waals surface area contributed by atoms with Gasteiger partial charge in [-0.1, -0.05) is 25.1 Å². The third-order valence-corrected chi connectivity index (χ3v) is 4.12. The number of hydrogen-bond donors (Lipinski definition) is 3. The number of phenolic OH excluding ortho intramolecular Hbond substituents is 1. The minimum absolute atomic E-state index is 0.166. The Balaban J connectivity index is 1.89. The number of amides is 1. The van der Waals surface area contributed by atoms with Crippen LogP contribution in [-0.2, 0) is 4.79 Å². The normalized spacial score (nSPS) is 18.5. The number of primary amides is 1. The van der Waals surface area contributed by atoms with Crippen molar-refractivity contribution in [3.8, 4) is 5.75 Å². The highest BCUT2D eigenvalue weighted by molar-refractivity contribution is 5.75. The number of hydrogen-bond acceptors (Lipinski definition) is 4. The average molecular weight is 291 g/mol. The minimum atomic E-state index is -0.262. The van der Waals surface area contributed by atoms with Crippen molar-refractivity contribution in [2.45, 2.75) is 38.3 Å². The molecule has 0 aliphatic carbocycles. The summed E-state index contributed by atoms with van der Waals surface area (Å²) in [7, 11) is 0. The number of carbonyl (C=O) groups excluding carboxylic acids is 1. The summed E-state index contributed by atoms with van der Waals surface area (Å²) in [5, 5.41) is 13.6. The van der Waals surface area contributed by atoms with Gasteiger partial charge in [0.25, 0.3) is 0 Å². The number of nitrogens with one attached hydrogen (secondary N) is 1. The Bertz CT molecular complexity index is 470. The second-order valence-electron chi connectivity index (χ2n) is 5.70. The predicted octanol–water partition coefficient (Wildman–Crippen LogP) is 1.38. The number of para-hydroxylation sites is 1. The molecule has 116 valence electrons. The molecule has 0 bridgehead atoms. The molecule has 1 aliphatic heterocycles. The number of nitrogens with zero attached hydrogens (tertiary/aromatic N) is 1. The van der Waals surface area contributed by atoms with Crippen LogP contribution >= 0.6 is 0 Å². The van der Waals surface area contributed by atoms with Crippen LogP contribution in [0.4, 0.5) is 0 Å². The number of nitrogens with two attached hydrogens (primary N) is 1. The minimum Gasteiger partial charge on any atom is -0.508 e. The molecule has 1 fully saturated rings. The molecule has 5 nitrogen and oxygen atoms in total. The smallest absolute Gasteiger partial charge is 0.231 e. The van der Waals surface area contributed by atoms with Crippen molar-refractivity contribution in [2.75, 3.05) is 19.6 Å². The van der Waals surface area contributed by atoms with Gasteiger partial charge < -0.3 is 16.2 Å². The van der Waals surface area contributed by atoms with Crippen LogP contribution in [0.15, 0.2) is 24.3 Å². The Morgan fingerprint density at radius 2 is 2.10 bits per heavy atom. The van der Waals surface area contributed by atoms with Crippen molar-refractivity contribution in [3.05, 3.63) is 29.8 Å². The van der Waals surface area contributed by atoms with E-state index in [-0.39, 0.29) is 11.9 Å². The lowest BCUT2D eigenvalue weighted by Gasteiger charge is -2.34. The average Bonchev–Trinajstić information content (AvgIpc) is 2.47. The van der Waals surface area contributed by atoms with E-state index in [0.717, 1.165) is 37.9 Å². The Hall–Kier alpha value is -1.59. The lowest BCUT2D eigenvalue weighted by Crippen LogP contribution is -2.46. The van der Waals surface area contributed by atoms with Gasteiger partial charge in [-0.25, -0.2) is 0 Å². The van der Waals surface area contributed by atoms with Gasteiger partial charge >= 0.3 is 0 Å². The maximum atomic E-state index is 10.9. The second kappa shape index (κ2) is 7.43. The van der Waals surface area contributed by atoms with Crippen molar-refractivity contribution in [1.82, 2.24) is 10.2 Å². The van der Waals surface area contributed by atoms with Crippen LogP contribution in [0.3, 0.4) is 0 Å². The predicted molar refractivity (Wildman–Crippen MR) is 82.9 cm³/mol. The monoisotopic (exact) mass is 291 g/mol. The van der Waals surface area contributed by atoms with E-state index in [9.17, 15) is 9.90 Å². The van der Waals surface area contributed by atoms with E-state index < -0.39 is 0 Å². The van der Waals surface area contributed by atoms with Crippen molar-refractivity contribution in [3.63, 3.8) is 0 Å². The molecule has 1 atom stereocenters. The quantitative estimate of drug-likeness (QED) is 0.740. The van der Waals surface area contributed by atoms with Crippen LogP contribution in [0.1, 0.15) is 37.8 Å². The second-order valence-corrected chi connectivity index (χ2v) is 5.70. The highest BCUT2D eigenvalue weighted by atomic mass is 16.3. The van der Waals surface area contributed by atoms with Gasteiger partial charge in [0.05, 0.1) is 6.54 Å². The highest BCUT2D eigenvalue weighted by Crippen LogP contribution is 2.27. The maximum absolute atomic E-state index is 10.9. The molecule has 1 aromatic rings. The molecule has 5 heteroatoms. The van der Waals surface area contributed by atoms with E-state index in [2.05, 4.69) is 17.1 Å². The zero-order chi connectivity index (χ0) is 15.2. The third kappa shape index (κ3) is 4.44. The molecule has 1 aliphatic rings. The Morgan fingerprint density at radius 1 is 1.43 bits per heavy atom. The summed E-state index contributed by atoms with van der Waals surface area (Å²) in [6, 6.07) is 8.08. The summed E-state index contributed by atoms with van der Waals surface area (Å²) in [6.45, 7) is 4.24. The van der Waals surface area contributed by atoms with Gasteiger partial charge in [0, 0.05) is 30.7 Å². The van der Waals surface area contributed by atoms with Gasteiger partial charge in [-0.3, -0.25) is 9.69 Å². The van der Waals surface area contributed by atoms with Crippen LogP contribution in [0.5, 0.6) is 5.75 Å². The Kier molecular flexibility index (Phi) is 5.59. The van der Waals surface area contributed by atoms with E-state index in [1.165, 1.54) is 0 Å². The first-order chi connectivity index (χ1) is 10.1. The Morgan fingerprint density at radius 3 is 2.67 bits per heavy atom. The number of carbonyl (C=O) groups is 1. The molecule has 1 saturated heterocycles. The van der Waals surface area contributed by atoms with Gasteiger partial charge in [0.2, 0.25) is 5.91 Å². The first-order valence-electron chi connectivity index (χ1n) is 7.64. The molecular formula is C16H25N3O2. The van der Waals surface area contributed by atoms with Crippen LogP contribution in [-0.4, -0.2) is 41.6 Å². The van der Waals surface area contributed by atoms with Crippen LogP contribution in [0.25, 0.3) is 0 Å². The molecule has 1 aromatic carbocycles. The van der Waals surface area contributed by atoms with E-state index in [0.29, 0.717) is 18.3 Å². The lowest BCUT2D eigenvalue weighted by atomic mass is 9.98. The van der Waals surface area contributed by atoms with Gasteiger partial charge in [-0.05, 0) is 25.3 Å². The SMILES string of the molecule is CC[C@H](NC1CCN(CC(N)=O)CC1)c1ccccc1O. The molecule has 4 N–H and O–H groups in total. The van der Waals surface area contributed by atoms with Gasteiger partial charge in [0.15, 0.2) is 0 Å².